The van der Waals surface area contributed by atoms with Crippen molar-refractivity contribution >= 4 is 17.3 Å². The smallest absolute Gasteiger partial charge is 0.238 e. The summed E-state index contributed by atoms with van der Waals surface area (Å²) in [6.07, 6.45) is 0.900. The predicted octanol–water partition coefficient (Wildman–Crippen LogP) is 2.28. The summed E-state index contributed by atoms with van der Waals surface area (Å²) in [6.45, 7) is 1.06. The molecule has 0 saturated heterocycles. The molecule has 0 spiro atoms. The number of hydrogen-bond donors (Lipinski definition) is 2. The molecule has 2 N–H and O–H groups in total. The van der Waals surface area contributed by atoms with Gasteiger partial charge in [-0.05, 0) is 41.8 Å². The van der Waals surface area contributed by atoms with Crippen LogP contribution in [0.15, 0.2) is 48.5 Å². The standard InChI is InChI=1S/C20H25N3O2/c1-22(2)17-9-7-16(8-10-17)21-20(25)13-23-12-11-15-5-3-4-6-18(15)19(23)14-24/h3-10,19,24H,11-14H2,1-2H3,(H,21,25). The number of hydrogen-bond acceptors (Lipinski definition) is 4. The molecule has 0 saturated carbocycles. The average Bonchev–Trinajstić information content (AvgIpc) is 2.62. The van der Waals surface area contributed by atoms with Crippen molar-refractivity contribution in [3.05, 3.63) is 59.7 Å². The van der Waals surface area contributed by atoms with Gasteiger partial charge in [-0.15, -0.1) is 0 Å². The molecule has 5 nitrogen and oxygen atoms in total. The molecule has 3 rings (SSSR count). The highest BCUT2D eigenvalue weighted by atomic mass is 16.3. The summed E-state index contributed by atoms with van der Waals surface area (Å²) in [5.74, 6) is -0.0598. The van der Waals surface area contributed by atoms with Gasteiger partial charge in [-0.25, -0.2) is 0 Å². The normalized spacial score (nSPS) is 17.0. The fourth-order valence-electron chi connectivity index (χ4n) is 3.33. The van der Waals surface area contributed by atoms with Crippen LogP contribution in [-0.4, -0.2) is 49.7 Å². The maximum atomic E-state index is 12.4. The summed E-state index contributed by atoms with van der Waals surface area (Å²) in [6, 6.07) is 15.8. The number of nitrogens with one attached hydrogen (secondary N) is 1. The van der Waals surface area contributed by atoms with Crippen LogP contribution in [0.3, 0.4) is 0 Å². The van der Waals surface area contributed by atoms with Crippen LogP contribution in [-0.2, 0) is 11.2 Å². The zero-order chi connectivity index (χ0) is 17.8. The van der Waals surface area contributed by atoms with E-state index in [9.17, 15) is 9.90 Å². The Bertz CT molecular complexity index is 728. The fourth-order valence-corrected chi connectivity index (χ4v) is 3.33. The zero-order valence-electron chi connectivity index (χ0n) is 14.8. The predicted molar refractivity (Wildman–Crippen MR) is 101 cm³/mol. The number of aliphatic hydroxyl groups is 1. The van der Waals surface area contributed by atoms with E-state index in [1.54, 1.807) is 0 Å². The van der Waals surface area contributed by atoms with Gasteiger partial charge in [0.1, 0.15) is 0 Å². The molecule has 1 heterocycles. The van der Waals surface area contributed by atoms with Crippen LogP contribution in [0.2, 0.25) is 0 Å². The molecule has 2 aromatic rings. The van der Waals surface area contributed by atoms with Crippen molar-refractivity contribution in [3.63, 3.8) is 0 Å². The van der Waals surface area contributed by atoms with Gasteiger partial charge in [0.25, 0.3) is 0 Å². The molecule has 1 aliphatic heterocycles. The molecule has 0 radical (unpaired) electrons. The van der Waals surface area contributed by atoms with Crippen LogP contribution in [0.5, 0.6) is 0 Å². The van der Waals surface area contributed by atoms with Crippen LogP contribution >= 0.6 is 0 Å². The van der Waals surface area contributed by atoms with E-state index in [0.717, 1.165) is 29.9 Å². The lowest BCUT2D eigenvalue weighted by Gasteiger charge is -2.35. The summed E-state index contributed by atoms with van der Waals surface area (Å²) < 4.78 is 0. The largest absolute Gasteiger partial charge is 0.394 e. The first-order valence-corrected chi connectivity index (χ1v) is 8.58. The van der Waals surface area contributed by atoms with Crippen molar-refractivity contribution in [2.45, 2.75) is 12.5 Å². The molecule has 0 aromatic heterocycles. The lowest BCUT2D eigenvalue weighted by atomic mass is 9.93. The van der Waals surface area contributed by atoms with Crippen LogP contribution < -0.4 is 10.2 Å². The first-order chi connectivity index (χ1) is 12.1. The first-order valence-electron chi connectivity index (χ1n) is 8.58. The van der Waals surface area contributed by atoms with E-state index in [2.05, 4.69) is 11.4 Å². The maximum absolute atomic E-state index is 12.4. The number of carbonyl (C=O) groups excluding carboxylic acids is 1. The Balaban J connectivity index is 1.64. The summed E-state index contributed by atoms with van der Waals surface area (Å²) in [5.41, 5.74) is 4.26. The van der Waals surface area contributed by atoms with Gasteiger partial charge in [0, 0.05) is 32.0 Å². The Morgan fingerprint density at radius 3 is 2.60 bits per heavy atom. The molecule has 0 fully saturated rings. The SMILES string of the molecule is CN(C)c1ccc(NC(=O)CN2CCc3ccccc3C2CO)cc1. The van der Waals surface area contributed by atoms with Crippen molar-refractivity contribution in [3.8, 4) is 0 Å². The Labute approximate surface area is 148 Å². The van der Waals surface area contributed by atoms with Crippen molar-refractivity contribution in [1.29, 1.82) is 0 Å². The number of benzene rings is 2. The van der Waals surface area contributed by atoms with Gasteiger partial charge < -0.3 is 15.3 Å². The van der Waals surface area contributed by atoms with E-state index in [1.165, 1.54) is 5.56 Å². The molecular weight excluding hydrogens is 314 g/mol. The van der Waals surface area contributed by atoms with E-state index in [0.29, 0.717) is 0 Å². The molecule has 25 heavy (non-hydrogen) atoms. The molecule has 1 atom stereocenters. The van der Waals surface area contributed by atoms with Gasteiger partial charge >= 0.3 is 0 Å². The Morgan fingerprint density at radius 2 is 1.92 bits per heavy atom. The third-order valence-electron chi connectivity index (χ3n) is 4.71. The van der Waals surface area contributed by atoms with Crippen molar-refractivity contribution in [2.75, 3.05) is 44.0 Å². The third-order valence-corrected chi connectivity index (χ3v) is 4.71. The highest BCUT2D eigenvalue weighted by Crippen LogP contribution is 2.29. The van der Waals surface area contributed by atoms with Crippen LogP contribution in [0, 0.1) is 0 Å². The van der Waals surface area contributed by atoms with E-state index < -0.39 is 0 Å². The summed E-state index contributed by atoms with van der Waals surface area (Å²) in [7, 11) is 3.97. The second-order valence-electron chi connectivity index (χ2n) is 6.61. The minimum Gasteiger partial charge on any atom is -0.394 e. The highest BCUT2D eigenvalue weighted by Gasteiger charge is 2.27. The fraction of sp³-hybridized carbons (Fsp3) is 0.350. The van der Waals surface area contributed by atoms with Gasteiger partial charge in [-0.2, -0.15) is 0 Å². The molecule has 2 aromatic carbocycles. The second kappa shape index (κ2) is 7.68. The minimum atomic E-state index is -0.119. The molecule has 5 heteroatoms. The molecule has 1 unspecified atom stereocenters. The topological polar surface area (TPSA) is 55.8 Å². The molecular formula is C20H25N3O2. The number of nitrogens with zero attached hydrogens (tertiary/aromatic N) is 2. The third kappa shape index (κ3) is 4.00. The molecule has 0 aliphatic carbocycles. The minimum absolute atomic E-state index is 0.0157. The van der Waals surface area contributed by atoms with Gasteiger partial charge in [0.05, 0.1) is 19.2 Å². The van der Waals surface area contributed by atoms with Gasteiger partial charge in [0.2, 0.25) is 5.91 Å². The van der Waals surface area contributed by atoms with Crippen molar-refractivity contribution in [1.82, 2.24) is 4.90 Å². The Morgan fingerprint density at radius 1 is 1.20 bits per heavy atom. The number of rotatable bonds is 5. The van der Waals surface area contributed by atoms with E-state index in [1.807, 2.05) is 66.4 Å². The summed E-state index contributed by atoms with van der Waals surface area (Å²) in [5, 5.41) is 12.8. The highest BCUT2D eigenvalue weighted by molar-refractivity contribution is 5.92. The molecule has 132 valence electrons. The van der Waals surface area contributed by atoms with E-state index >= 15 is 0 Å². The van der Waals surface area contributed by atoms with Gasteiger partial charge in [0.15, 0.2) is 0 Å². The number of anilines is 2. The Kier molecular flexibility index (Phi) is 5.36. The van der Waals surface area contributed by atoms with E-state index in [4.69, 9.17) is 0 Å². The van der Waals surface area contributed by atoms with Gasteiger partial charge in [-0.3, -0.25) is 9.69 Å². The summed E-state index contributed by atoms with van der Waals surface area (Å²) >= 11 is 0. The summed E-state index contributed by atoms with van der Waals surface area (Å²) in [4.78, 5) is 16.5. The second-order valence-corrected chi connectivity index (χ2v) is 6.61. The number of carbonyl (C=O) groups is 1. The quantitative estimate of drug-likeness (QED) is 0.878. The Hall–Kier alpha value is -2.37. The average molecular weight is 339 g/mol. The van der Waals surface area contributed by atoms with Gasteiger partial charge in [-0.1, -0.05) is 24.3 Å². The van der Waals surface area contributed by atoms with Crippen molar-refractivity contribution < 1.29 is 9.90 Å². The number of fused-ring (bicyclic) bond motifs is 1. The first kappa shape index (κ1) is 17.5. The number of amides is 1. The lowest BCUT2D eigenvalue weighted by Crippen LogP contribution is -2.42. The number of aliphatic hydroxyl groups excluding tert-OH is 1. The van der Waals surface area contributed by atoms with Crippen LogP contribution in [0.1, 0.15) is 17.2 Å². The lowest BCUT2D eigenvalue weighted by molar-refractivity contribution is -0.118. The monoisotopic (exact) mass is 339 g/mol. The van der Waals surface area contributed by atoms with Crippen LogP contribution in [0.4, 0.5) is 11.4 Å². The van der Waals surface area contributed by atoms with Crippen molar-refractivity contribution in [2.24, 2.45) is 0 Å². The van der Waals surface area contributed by atoms with E-state index in [-0.39, 0.29) is 25.1 Å². The zero-order valence-corrected chi connectivity index (χ0v) is 14.8. The molecule has 0 bridgehead atoms. The molecule has 1 aliphatic rings. The maximum Gasteiger partial charge on any atom is 0.238 e. The van der Waals surface area contributed by atoms with Crippen LogP contribution in [0.25, 0.3) is 0 Å². The molecule has 1 amide bonds.